The summed E-state index contributed by atoms with van der Waals surface area (Å²) in [7, 11) is 0. The van der Waals surface area contributed by atoms with E-state index in [1.807, 2.05) is 24.3 Å². The lowest BCUT2D eigenvalue weighted by molar-refractivity contribution is -0.396. The molecule has 104 valence electrons. The van der Waals surface area contributed by atoms with Crippen LogP contribution in [0.15, 0.2) is 52.2 Å². The van der Waals surface area contributed by atoms with Crippen LogP contribution in [0.2, 0.25) is 0 Å². The number of benzene rings is 1. The highest BCUT2D eigenvalue weighted by Crippen LogP contribution is 2.19. The second-order valence-electron chi connectivity index (χ2n) is 3.49. The summed E-state index contributed by atoms with van der Waals surface area (Å²) in [5.74, 6) is 1.81. The van der Waals surface area contributed by atoms with E-state index < -0.39 is 0 Å². The molecule has 0 unspecified atom stereocenters. The van der Waals surface area contributed by atoms with E-state index in [-0.39, 0.29) is 23.4 Å². The summed E-state index contributed by atoms with van der Waals surface area (Å²) >= 11 is 1.70. The first-order chi connectivity index (χ1) is 7.92. The van der Waals surface area contributed by atoms with E-state index in [1.54, 1.807) is 18.0 Å². The maximum Gasteiger partial charge on any atom is 0.314 e. The van der Waals surface area contributed by atoms with Gasteiger partial charge in [-0.2, -0.15) is 0 Å². The third kappa shape index (κ3) is 4.00. The molecule has 1 aromatic carbocycles. The molecule has 0 radical (unpaired) electrons. The zero-order valence-corrected chi connectivity index (χ0v) is 11.5. The van der Waals surface area contributed by atoms with Crippen LogP contribution in [0.5, 0.6) is 0 Å². The Balaban J connectivity index is 0.00000108. The molecule has 0 atom stereocenters. The summed E-state index contributed by atoms with van der Waals surface area (Å²) < 4.78 is 5.28. The molecule has 0 spiro atoms. The Kier molecular flexibility index (Phi) is 7.25. The van der Waals surface area contributed by atoms with Crippen molar-refractivity contribution in [1.29, 1.82) is 0 Å². The first kappa shape index (κ1) is 17.5. The van der Waals surface area contributed by atoms with Gasteiger partial charge in [-0.05, 0) is 36.0 Å². The normalized spacial score (nSPS) is 9.26. The summed E-state index contributed by atoms with van der Waals surface area (Å²) in [6.45, 7) is 0. The number of furan rings is 1. The van der Waals surface area contributed by atoms with E-state index in [2.05, 4.69) is 22.1 Å². The molecule has 6 N–H and O–H groups in total. The average Bonchev–Trinajstić information content (AvgIpc) is 2.95. The minimum absolute atomic E-state index is 0. The number of H-pyrrole nitrogens is 2. The van der Waals surface area contributed by atoms with Gasteiger partial charge in [0.1, 0.15) is 5.76 Å². The lowest BCUT2D eigenvalue weighted by Gasteiger charge is -1.88. The van der Waals surface area contributed by atoms with E-state index in [1.165, 1.54) is 0 Å². The fraction of sp³-hybridized carbons (Fsp3) is 0.0833. The molecule has 19 heavy (non-hydrogen) atoms. The minimum Gasteiger partial charge on any atom is -1.00 e. The number of thioether (sulfide) groups is 1. The van der Waals surface area contributed by atoms with Crippen molar-refractivity contribution in [1.82, 2.24) is 4.98 Å². The molecule has 0 saturated carbocycles. The van der Waals surface area contributed by atoms with Gasteiger partial charge in [-0.3, -0.25) is 0 Å². The van der Waals surface area contributed by atoms with E-state index in [0.29, 0.717) is 0 Å². The largest absolute Gasteiger partial charge is 1.00 e. The van der Waals surface area contributed by atoms with Crippen molar-refractivity contribution in [2.75, 3.05) is 0 Å². The van der Waals surface area contributed by atoms with Gasteiger partial charge in [0.25, 0.3) is 0 Å². The highest BCUT2D eigenvalue weighted by atomic mass is 35.5. The standard InChI is InChI=1S/C12H10N2OS.ClH.2H2O/c1-2-6-11-10(5-1)13-12(14-11)16-8-9-4-3-7-15-9;;;/h1-7H,8H2,(H,13,14);1H;2*1H2. The third-order valence-electron chi connectivity index (χ3n) is 2.36. The zero-order chi connectivity index (χ0) is 10.8. The van der Waals surface area contributed by atoms with Gasteiger partial charge < -0.3 is 27.8 Å². The Morgan fingerprint density at radius 2 is 1.89 bits per heavy atom. The molecular formula is C12H15ClN2O3S. The molecule has 0 aliphatic heterocycles. The van der Waals surface area contributed by atoms with Gasteiger partial charge in [0.15, 0.2) is 11.0 Å². The number of imidazole rings is 1. The molecular weight excluding hydrogens is 288 g/mol. The molecule has 2 heterocycles. The minimum atomic E-state index is 0. The van der Waals surface area contributed by atoms with Gasteiger partial charge in [-0.15, -0.1) is 0 Å². The van der Waals surface area contributed by atoms with Gasteiger partial charge >= 0.3 is 5.16 Å². The Bertz CT molecular complexity index is 565. The van der Waals surface area contributed by atoms with E-state index >= 15 is 0 Å². The first-order valence-electron chi connectivity index (χ1n) is 5.07. The van der Waals surface area contributed by atoms with Crippen LogP contribution < -0.4 is 17.4 Å². The van der Waals surface area contributed by atoms with Crippen LogP contribution in [-0.4, -0.2) is 15.9 Å². The quantitative estimate of drug-likeness (QED) is 0.578. The van der Waals surface area contributed by atoms with Crippen LogP contribution in [0.1, 0.15) is 5.76 Å². The lowest BCUT2D eigenvalue weighted by Crippen LogP contribution is -3.00. The molecule has 2 aromatic heterocycles. The Morgan fingerprint density at radius 1 is 1.11 bits per heavy atom. The van der Waals surface area contributed by atoms with Gasteiger partial charge in [0, 0.05) is 0 Å². The lowest BCUT2D eigenvalue weighted by atomic mass is 10.3. The Hall–Kier alpha value is -1.47. The number of aromatic amines is 2. The van der Waals surface area contributed by atoms with Crippen LogP contribution in [0.3, 0.4) is 0 Å². The van der Waals surface area contributed by atoms with Crippen molar-refractivity contribution in [2.24, 2.45) is 0 Å². The fourth-order valence-electron chi connectivity index (χ4n) is 1.59. The molecule has 0 amide bonds. The fourth-order valence-corrected chi connectivity index (χ4v) is 2.40. The van der Waals surface area contributed by atoms with Crippen LogP contribution in [0.25, 0.3) is 11.0 Å². The average molecular weight is 303 g/mol. The van der Waals surface area contributed by atoms with Crippen molar-refractivity contribution >= 4 is 22.8 Å². The molecule has 3 rings (SSSR count). The molecule has 5 nitrogen and oxygen atoms in total. The van der Waals surface area contributed by atoms with Crippen LogP contribution in [0, 0.1) is 0 Å². The number of nitrogens with one attached hydrogen (secondary N) is 2. The second kappa shape index (κ2) is 7.85. The topological polar surface area (TPSA) is 106 Å². The number of para-hydroxylation sites is 2. The summed E-state index contributed by atoms with van der Waals surface area (Å²) in [4.78, 5) is 6.65. The summed E-state index contributed by atoms with van der Waals surface area (Å²) in [6, 6.07) is 12.0. The number of aromatic nitrogens is 2. The monoisotopic (exact) mass is 302 g/mol. The molecule has 0 aliphatic rings. The second-order valence-corrected chi connectivity index (χ2v) is 4.48. The van der Waals surface area contributed by atoms with Gasteiger partial charge in [0.2, 0.25) is 0 Å². The SMILES string of the molecule is O.O.[Cl-].c1coc(CSc2[nH]c3ccccc3[nH+]2)c1. The maximum absolute atomic E-state index is 5.28. The highest BCUT2D eigenvalue weighted by molar-refractivity contribution is 7.98. The van der Waals surface area contributed by atoms with Crippen LogP contribution in [-0.2, 0) is 5.75 Å². The third-order valence-corrected chi connectivity index (χ3v) is 3.28. The summed E-state index contributed by atoms with van der Waals surface area (Å²) in [5, 5.41) is 1.05. The number of hydrogen-bond donors (Lipinski definition) is 1. The number of hydrogen-bond acceptors (Lipinski definition) is 2. The van der Waals surface area contributed by atoms with Crippen molar-refractivity contribution in [3.63, 3.8) is 0 Å². The number of fused-ring (bicyclic) bond motifs is 1. The Labute approximate surface area is 120 Å². The predicted molar refractivity (Wildman–Crippen MR) is 70.4 cm³/mol. The smallest absolute Gasteiger partial charge is 0.314 e. The highest BCUT2D eigenvalue weighted by Gasteiger charge is 2.10. The van der Waals surface area contributed by atoms with Crippen molar-refractivity contribution < 1.29 is 32.8 Å². The van der Waals surface area contributed by atoms with E-state index in [4.69, 9.17) is 4.42 Å². The number of halogens is 1. The van der Waals surface area contributed by atoms with E-state index in [0.717, 1.165) is 27.7 Å². The molecule has 0 bridgehead atoms. The number of rotatable bonds is 3. The molecule has 7 heteroatoms. The molecule has 0 saturated heterocycles. The predicted octanol–water partition coefficient (Wildman–Crippen LogP) is -1.78. The van der Waals surface area contributed by atoms with Crippen LogP contribution >= 0.6 is 11.8 Å². The van der Waals surface area contributed by atoms with Crippen molar-refractivity contribution in [2.45, 2.75) is 10.9 Å². The van der Waals surface area contributed by atoms with Crippen LogP contribution in [0.4, 0.5) is 0 Å². The molecule has 0 aliphatic carbocycles. The van der Waals surface area contributed by atoms with Crippen molar-refractivity contribution in [3.05, 3.63) is 48.4 Å². The van der Waals surface area contributed by atoms with Crippen molar-refractivity contribution in [3.8, 4) is 0 Å². The van der Waals surface area contributed by atoms with Gasteiger partial charge in [0.05, 0.1) is 12.0 Å². The Morgan fingerprint density at radius 3 is 2.58 bits per heavy atom. The van der Waals surface area contributed by atoms with E-state index in [9.17, 15) is 0 Å². The molecule has 3 aromatic rings. The van der Waals surface area contributed by atoms with Gasteiger partial charge in [-0.1, -0.05) is 12.1 Å². The summed E-state index contributed by atoms with van der Waals surface area (Å²) in [6.07, 6.45) is 1.70. The first-order valence-corrected chi connectivity index (χ1v) is 6.05. The zero-order valence-electron chi connectivity index (χ0n) is 9.94. The molecule has 0 fully saturated rings. The maximum atomic E-state index is 5.28. The van der Waals surface area contributed by atoms with Gasteiger partial charge in [-0.25, -0.2) is 9.97 Å². The summed E-state index contributed by atoms with van der Waals surface area (Å²) in [5.41, 5.74) is 2.26.